The van der Waals surface area contributed by atoms with Crippen molar-refractivity contribution in [2.24, 2.45) is 17.6 Å². The zero-order valence-corrected chi connectivity index (χ0v) is 13.8. The van der Waals surface area contributed by atoms with E-state index in [-0.39, 0.29) is 6.04 Å². The normalized spacial score (nSPS) is 19.5. The van der Waals surface area contributed by atoms with Gasteiger partial charge in [-0.3, -0.25) is 4.90 Å². The van der Waals surface area contributed by atoms with Gasteiger partial charge < -0.3 is 5.73 Å². The highest BCUT2D eigenvalue weighted by molar-refractivity contribution is 6.42. The summed E-state index contributed by atoms with van der Waals surface area (Å²) in [5.41, 5.74) is 7.07. The summed E-state index contributed by atoms with van der Waals surface area (Å²) in [7, 11) is 0. The number of hydrogen-bond acceptors (Lipinski definition) is 2. The minimum absolute atomic E-state index is 0.175. The van der Waals surface area contributed by atoms with E-state index < -0.39 is 0 Å². The molecule has 112 valence electrons. The van der Waals surface area contributed by atoms with Gasteiger partial charge >= 0.3 is 0 Å². The summed E-state index contributed by atoms with van der Waals surface area (Å²) in [6.07, 6.45) is 2.48. The molecule has 0 aromatic heterocycles. The first-order chi connectivity index (χ1) is 9.54. The zero-order chi connectivity index (χ0) is 14.7. The highest BCUT2D eigenvalue weighted by atomic mass is 35.5. The molecule has 0 amide bonds. The number of rotatable bonds is 4. The van der Waals surface area contributed by atoms with Crippen LogP contribution in [0.15, 0.2) is 18.2 Å². The van der Waals surface area contributed by atoms with Crippen LogP contribution in [0.4, 0.5) is 0 Å². The van der Waals surface area contributed by atoms with Crippen LogP contribution in [0.25, 0.3) is 0 Å². The molecule has 1 aliphatic rings. The fourth-order valence-corrected chi connectivity index (χ4v) is 3.58. The first kappa shape index (κ1) is 16.1. The fraction of sp³-hybridized carbons (Fsp3) is 0.625. The molecule has 1 aromatic carbocycles. The van der Waals surface area contributed by atoms with Gasteiger partial charge in [-0.1, -0.05) is 49.2 Å². The molecule has 0 saturated carbocycles. The number of nitrogens with zero attached hydrogens (tertiary/aromatic N) is 1. The monoisotopic (exact) mass is 314 g/mol. The van der Waals surface area contributed by atoms with Gasteiger partial charge in [-0.25, -0.2) is 0 Å². The predicted octanol–water partition coefficient (Wildman–Crippen LogP) is 4.36. The van der Waals surface area contributed by atoms with Crippen LogP contribution >= 0.6 is 23.2 Å². The van der Waals surface area contributed by atoms with Crippen molar-refractivity contribution in [3.8, 4) is 0 Å². The molecular weight excluding hydrogens is 291 g/mol. The third-order valence-electron chi connectivity index (χ3n) is 4.52. The Bertz CT molecular complexity index is 440. The Morgan fingerprint density at radius 1 is 1.25 bits per heavy atom. The van der Waals surface area contributed by atoms with Crippen LogP contribution < -0.4 is 5.73 Å². The summed E-state index contributed by atoms with van der Waals surface area (Å²) < 4.78 is 0. The Labute approximate surface area is 132 Å². The number of nitrogens with two attached hydrogens (primary N) is 1. The summed E-state index contributed by atoms with van der Waals surface area (Å²) in [5.74, 6) is 1.60. The number of piperidine rings is 1. The second-order valence-corrected chi connectivity index (χ2v) is 6.80. The smallest absolute Gasteiger partial charge is 0.0640 e. The molecule has 1 saturated heterocycles. The topological polar surface area (TPSA) is 29.3 Å². The van der Waals surface area contributed by atoms with Crippen LogP contribution in [0.5, 0.6) is 0 Å². The first-order valence-electron chi connectivity index (χ1n) is 7.42. The third kappa shape index (κ3) is 3.48. The second kappa shape index (κ2) is 7.13. The Hall–Kier alpha value is -0.280. The quantitative estimate of drug-likeness (QED) is 0.894. The minimum Gasteiger partial charge on any atom is -0.329 e. The van der Waals surface area contributed by atoms with Crippen molar-refractivity contribution in [1.82, 2.24) is 4.90 Å². The van der Waals surface area contributed by atoms with E-state index in [1.165, 1.54) is 12.8 Å². The van der Waals surface area contributed by atoms with E-state index in [0.717, 1.165) is 30.5 Å². The Morgan fingerprint density at radius 2 is 1.90 bits per heavy atom. The molecule has 0 bridgehead atoms. The Morgan fingerprint density at radius 3 is 2.45 bits per heavy atom. The average molecular weight is 315 g/mol. The van der Waals surface area contributed by atoms with E-state index in [1.54, 1.807) is 0 Å². The molecule has 2 rings (SSSR count). The maximum atomic E-state index is 6.35. The standard InChI is InChI=1S/C16H24Cl2N2/c1-11(2)12-6-8-20(9-7-12)15(10-19)13-4-3-5-14(17)16(13)18/h3-5,11-12,15H,6-10,19H2,1-2H3. The van der Waals surface area contributed by atoms with Crippen molar-refractivity contribution < 1.29 is 0 Å². The van der Waals surface area contributed by atoms with Crippen molar-refractivity contribution in [2.45, 2.75) is 32.7 Å². The van der Waals surface area contributed by atoms with Gasteiger partial charge in [0.25, 0.3) is 0 Å². The van der Waals surface area contributed by atoms with Gasteiger partial charge in [0.2, 0.25) is 0 Å². The maximum absolute atomic E-state index is 6.35. The largest absolute Gasteiger partial charge is 0.329 e. The highest BCUT2D eigenvalue weighted by Gasteiger charge is 2.28. The van der Waals surface area contributed by atoms with Crippen LogP contribution in [0.2, 0.25) is 10.0 Å². The van der Waals surface area contributed by atoms with E-state index in [9.17, 15) is 0 Å². The van der Waals surface area contributed by atoms with Crippen molar-refractivity contribution in [3.63, 3.8) is 0 Å². The summed E-state index contributed by atoms with van der Waals surface area (Å²) in [6.45, 7) is 7.39. The van der Waals surface area contributed by atoms with Crippen LogP contribution in [0, 0.1) is 11.8 Å². The minimum atomic E-state index is 0.175. The molecule has 2 nitrogen and oxygen atoms in total. The molecule has 4 heteroatoms. The molecule has 0 spiro atoms. The van der Waals surface area contributed by atoms with Gasteiger partial charge in [0.15, 0.2) is 0 Å². The number of benzene rings is 1. The van der Waals surface area contributed by atoms with E-state index in [1.807, 2.05) is 18.2 Å². The van der Waals surface area contributed by atoms with Gasteiger partial charge in [0.05, 0.1) is 10.0 Å². The third-order valence-corrected chi connectivity index (χ3v) is 5.36. The fourth-order valence-electron chi connectivity index (χ4n) is 3.15. The van der Waals surface area contributed by atoms with Crippen LogP contribution in [-0.4, -0.2) is 24.5 Å². The van der Waals surface area contributed by atoms with E-state index in [0.29, 0.717) is 16.6 Å². The lowest BCUT2D eigenvalue weighted by molar-refractivity contribution is 0.117. The van der Waals surface area contributed by atoms with Crippen molar-refractivity contribution >= 4 is 23.2 Å². The summed E-state index contributed by atoms with van der Waals surface area (Å²) in [5, 5.41) is 1.26. The summed E-state index contributed by atoms with van der Waals surface area (Å²) >= 11 is 12.5. The van der Waals surface area contributed by atoms with Gasteiger partial charge in [0, 0.05) is 12.6 Å². The average Bonchev–Trinajstić information content (AvgIpc) is 2.45. The van der Waals surface area contributed by atoms with Crippen LogP contribution in [0.3, 0.4) is 0 Å². The lowest BCUT2D eigenvalue weighted by atomic mass is 9.86. The Balaban J connectivity index is 2.12. The summed E-state index contributed by atoms with van der Waals surface area (Å²) in [4.78, 5) is 2.45. The zero-order valence-electron chi connectivity index (χ0n) is 12.3. The van der Waals surface area contributed by atoms with Crippen LogP contribution in [0.1, 0.15) is 38.3 Å². The molecule has 0 aliphatic carbocycles. The number of halogens is 2. The number of hydrogen-bond donors (Lipinski definition) is 1. The van der Waals surface area contributed by atoms with Crippen LogP contribution in [-0.2, 0) is 0 Å². The second-order valence-electron chi connectivity index (χ2n) is 6.01. The SMILES string of the molecule is CC(C)C1CCN(C(CN)c2cccc(Cl)c2Cl)CC1. The van der Waals surface area contributed by atoms with E-state index in [2.05, 4.69) is 18.7 Å². The number of likely N-dealkylation sites (tertiary alicyclic amines) is 1. The molecule has 2 N–H and O–H groups in total. The predicted molar refractivity (Wildman–Crippen MR) is 87.4 cm³/mol. The highest BCUT2D eigenvalue weighted by Crippen LogP contribution is 2.35. The molecule has 1 unspecified atom stereocenters. The molecule has 1 aromatic rings. The van der Waals surface area contributed by atoms with Gasteiger partial charge in [-0.15, -0.1) is 0 Å². The molecule has 1 fully saturated rings. The molecule has 0 radical (unpaired) electrons. The van der Waals surface area contributed by atoms with Crippen molar-refractivity contribution in [3.05, 3.63) is 33.8 Å². The van der Waals surface area contributed by atoms with E-state index >= 15 is 0 Å². The molecular formula is C16H24Cl2N2. The maximum Gasteiger partial charge on any atom is 0.0640 e. The molecule has 20 heavy (non-hydrogen) atoms. The van der Waals surface area contributed by atoms with E-state index in [4.69, 9.17) is 28.9 Å². The first-order valence-corrected chi connectivity index (χ1v) is 8.18. The summed E-state index contributed by atoms with van der Waals surface area (Å²) in [6, 6.07) is 5.99. The molecule has 1 atom stereocenters. The lowest BCUT2D eigenvalue weighted by Gasteiger charge is -2.38. The molecule has 1 heterocycles. The van der Waals surface area contributed by atoms with Crippen molar-refractivity contribution in [1.29, 1.82) is 0 Å². The Kier molecular flexibility index (Phi) is 5.74. The van der Waals surface area contributed by atoms with Gasteiger partial charge in [-0.05, 0) is 49.4 Å². The lowest BCUT2D eigenvalue weighted by Crippen LogP contribution is -2.40. The molecule has 1 aliphatic heterocycles. The van der Waals surface area contributed by atoms with Gasteiger partial charge in [-0.2, -0.15) is 0 Å². The van der Waals surface area contributed by atoms with Crippen molar-refractivity contribution in [2.75, 3.05) is 19.6 Å². The van der Waals surface area contributed by atoms with Gasteiger partial charge in [0.1, 0.15) is 0 Å².